The van der Waals surface area contributed by atoms with Gasteiger partial charge in [0.1, 0.15) is 0 Å². The third kappa shape index (κ3) is 3.26. The topological polar surface area (TPSA) is 94.3 Å². The molecule has 7 nitrogen and oxygen atoms in total. The number of aromatic nitrogens is 2. The van der Waals surface area contributed by atoms with E-state index >= 15 is 0 Å². The molecular weight excluding hydrogens is 342 g/mol. The molecule has 1 aromatic carbocycles. The second-order valence-electron chi connectivity index (χ2n) is 6.27. The Bertz CT molecular complexity index is 846. The summed E-state index contributed by atoms with van der Waals surface area (Å²) in [4.78, 5) is 29.4. The molecule has 1 amide bonds. The van der Waals surface area contributed by atoms with E-state index in [1.807, 2.05) is 13.0 Å². The summed E-state index contributed by atoms with van der Waals surface area (Å²) in [6.45, 7) is 3.53. The third-order valence-electron chi connectivity index (χ3n) is 4.18. The van der Waals surface area contributed by atoms with Crippen LogP contribution >= 0.6 is 11.8 Å². The average Bonchev–Trinajstić information content (AvgIpc) is 3.32. The molecule has 2 heterocycles. The van der Waals surface area contributed by atoms with Crippen molar-refractivity contribution in [2.45, 2.75) is 48.9 Å². The molecule has 130 valence electrons. The largest absolute Gasteiger partial charge is 0.449 e. The Kier molecular flexibility index (Phi) is 3.99. The highest BCUT2D eigenvalue weighted by atomic mass is 32.2. The Hall–Kier alpha value is -2.35. The highest BCUT2D eigenvalue weighted by Crippen LogP contribution is 2.39. The molecule has 0 saturated heterocycles. The SMILES string of the molecule is C[C@H]1Sc2ccc(C(=O)O[C@H](C)c3nc(C4CC4)no3)cc2NC1=O. The van der Waals surface area contributed by atoms with Crippen LogP contribution in [0.25, 0.3) is 0 Å². The number of hydrogen-bond acceptors (Lipinski definition) is 7. The molecule has 2 aliphatic rings. The molecule has 0 bridgehead atoms. The molecule has 4 rings (SSSR count). The first-order valence-corrected chi connectivity index (χ1v) is 9.05. The molecule has 1 N–H and O–H groups in total. The van der Waals surface area contributed by atoms with Gasteiger partial charge in [-0.15, -0.1) is 11.8 Å². The van der Waals surface area contributed by atoms with Gasteiger partial charge in [-0.1, -0.05) is 5.16 Å². The van der Waals surface area contributed by atoms with Gasteiger partial charge in [0, 0.05) is 10.8 Å². The first kappa shape index (κ1) is 16.1. The molecule has 25 heavy (non-hydrogen) atoms. The van der Waals surface area contributed by atoms with Crippen LogP contribution in [0.3, 0.4) is 0 Å². The molecule has 0 radical (unpaired) electrons. The molecule has 0 unspecified atom stereocenters. The minimum atomic E-state index is -0.632. The Morgan fingerprint density at radius 2 is 2.24 bits per heavy atom. The molecule has 1 aromatic heterocycles. The number of fused-ring (bicyclic) bond motifs is 1. The van der Waals surface area contributed by atoms with Crippen molar-refractivity contribution in [3.8, 4) is 0 Å². The molecule has 1 aliphatic heterocycles. The van der Waals surface area contributed by atoms with Gasteiger partial charge >= 0.3 is 5.97 Å². The van der Waals surface area contributed by atoms with Crippen molar-refractivity contribution in [1.82, 2.24) is 10.1 Å². The van der Waals surface area contributed by atoms with Crippen LogP contribution < -0.4 is 5.32 Å². The quantitative estimate of drug-likeness (QED) is 0.837. The van der Waals surface area contributed by atoms with E-state index in [0.717, 1.165) is 17.7 Å². The van der Waals surface area contributed by atoms with E-state index in [1.54, 1.807) is 19.1 Å². The summed E-state index contributed by atoms with van der Waals surface area (Å²) in [6.07, 6.45) is 1.52. The Morgan fingerprint density at radius 1 is 1.44 bits per heavy atom. The number of nitrogens with one attached hydrogen (secondary N) is 1. The second-order valence-corrected chi connectivity index (χ2v) is 7.66. The van der Waals surface area contributed by atoms with Crippen LogP contribution in [-0.2, 0) is 9.53 Å². The van der Waals surface area contributed by atoms with Crippen molar-refractivity contribution in [2.75, 3.05) is 5.32 Å². The minimum Gasteiger partial charge on any atom is -0.449 e. The summed E-state index contributed by atoms with van der Waals surface area (Å²) in [5.74, 6) is 0.783. The maximum Gasteiger partial charge on any atom is 0.338 e. The fraction of sp³-hybridized carbons (Fsp3) is 0.412. The van der Waals surface area contributed by atoms with Gasteiger partial charge in [-0.3, -0.25) is 4.79 Å². The van der Waals surface area contributed by atoms with E-state index in [2.05, 4.69) is 15.5 Å². The lowest BCUT2D eigenvalue weighted by Crippen LogP contribution is -2.26. The highest BCUT2D eigenvalue weighted by molar-refractivity contribution is 8.00. The summed E-state index contributed by atoms with van der Waals surface area (Å²) in [6, 6.07) is 5.13. The van der Waals surface area contributed by atoms with Crippen molar-refractivity contribution in [3.63, 3.8) is 0 Å². The first-order valence-electron chi connectivity index (χ1n) is 8.17. The van der Waals surface area contributed by atoms with Crippen molar-refractivity contribution in [1.29, 1.82) is 0 Å². The molecular formula is C17H17N3O4S. The van der Waals surface area contributed by atoms with Gasteiger partial charge < -0.3 is 14.6 Å². The number of esters is 1. The van der Waals surface area contributed by atoms with Crippen LogP contribution in [0.5, 0.6) is 0 Å². The zero-order valence-electron chi connectivity index (χ0n) is 13.8. The fourth-order valence-corrected chi connectivity index (χ4v) is 3.46. The summed E-state index contributed by atoms with van der Waals surface area (Å²) in [5, 5.41) is 6.58. The lowest BCUT2D eigenvalue weighted by Gasteiger charge is -2.21. The van der Waals surface area contributed by atoms with E-state index in [4.69, 9.17) is 9.26 Å². The van der Waals surface area contributed by atoms with Crippen LogP contribution in [0.15, 0.2) is 27.6 Å². The lowest BCUT2D eigenvalue weighted by molar-refractivity contribution is -0.115. The number of carbonyl (C=O) groups is 2. The number of amides is 1. The average molecular weight is 359 g/mol. The molecule has 1 aliphatic carbocycles. The first-order chi connectivity index (χ1) is 12.0. The number of benzene rings is 1. The smallest absolute Gasteiger partial charge is 0.338 e. The Morgan fingerprint density at radius 3 is 3.00 bits per heavy atom. The van der Waals surface area contributed by atoms with E-state index in [1.165, 1.54) is 11.8 Å². The van der Waals surface area contributed by atoms with Gasteiger partial charge in [0.25, 0.3) is 5.89 Å². The zero-order valence-corrected chi connectivity index (χ0v) is 14.6. The van der Waals surface area contributed by atoms with Gasteiger partial charge in [-0.05, 0) is 44.9 Å². The van der Waals surface area contributed by atoms with E-state index in [0.29, 0.717) is 28.9 Å². The van der Waals surface area contributed by atoms with Crippen molar-refractivity contribution in [2.24, 2.45) is 0 Å². The maximum absolute atomic E-state index is 12.4. The van der Waals surface area contributed by atoms with Crippen molar-refractivity contribution in [3.05, 3.63) is 35.5 Å². The standard InChI is InChI=1S/C17H17N3O4S/c1-8(16-19-14(20-24-16)10-3-4-10)23-17(22)11-5-6-13-12(7-11)18-15(21)9(2)25-13/h5-10H,3-4H2,1-2H3,(H,18,21)/t8-,9-/m1/s1. The van der Waals surface area contributed by atoms with Crippen molar-refractivity contribution < 1.29 is 18.8 Å². The van der Waals surface area contributed by atoms with Crippen LogP contribution in [-0.4, -0.2) is 27.3 Å². The summed E-state index contributed by atoms with van der Waals surface area (Å²) < 4.78 is 10.6. The minimum absolute atomic E-state index is 0.0742. The van der Waals surface area contributed by atoms with Gasteiger partial charge in [0.05, 0.1) is 16.5 Å². The number of thioether (sulfide) groups is 1. The molecule has 2 atom stereocenters. The molecule has 1 saturated carbocycles. The fourth-order valence-electron chi connectivity index (χ4n) is 2.53. The Labute approximate surface area is 148 Å². The van der Waals surface area contributed by atoms with Gasteiger partial charge in [0.2, 0.25) is 5.91 Å². The monoisotopic (exact) mass is 359 g/mol. The van der Waals surface area contributed by atoms with Crippen molar-refractivity contribution >= 4 is 29.3 Å². The van der Waals surface area contributed by atoms with Crippen LogP contribution in [0.2, 0.25) is 0 Å². The van der Waals surface area contributed by atoms with Gasteiger partial charge in [0.15, 0.2) is 11.9 Å². The molecule has 0 spiro atoms. The van der Waals surface area contributed by atoms with Crippen LogP contribution in [0.4, 0.5) is 5.69 Å². The number of nitrogens with zero attached hydrogens (tertiary/aromatic N) is 2. The Balaban J connectivity index is 1.47. The van der Waals surface area contributed by atoms with E-state index in [-0.39, 0.29) is 11.2 Å². The lowest BCUT2D eigenvalue weighted by atomic mass is 10.2. The molecule has 8 heteroatoms. The van der Waals surface area contributed by atoms with Gasteiger partial charge in [-0.25, -0.2) is 4.79 Å². The number of anilines is 1. The predicted molar refractivity (Wildman–Crippen MR) is 90.5 cm³/mol. The van der Waals surface area contributed by atoms with E-state index in [9.17, 15) is 9.59 Å². The highest BCUT2D eigenvalue weighted by Gasteiger charge is 2.30. The third-order valence-corrected chi connectivity index (χ3v) is 5.36. The number of ether oxygens (including phenoxy) is 1. The summed E-state index contributed by atoms with van der Waals surface area (Å²) in [5.41, 5.74) is 0.993. The summed E-state index contributed by atoms with van der Waals surface area (Å²) in [7, 11) is 0. The normalized spacial score (nSPS) is 20.6. The van der Waals surface area contributed by atoms with Crippen LogP contribution in [0, 0.1) is 0 Å². The second kappa shape index (κ2) is 6.18. The molecule has 2 aromatic rings. The zero-order chi connectivity index (χ0) is 17.6. The number of hydrogen-bond donors (Lipinski definition) is 1. The summed E-state index contributed by atoms with van der Waals surface area (Å²) >= 11 is 1.47. The van der Waals surface area contributed by atoms with Crippen LogP contribution in [0.1, 0.15) is 60.8 Å². The number of rotatable bonds is 4. The van der Waals surface area contributed by atoms with E-state index < -0.39 is 12.1 Å². The predicted octanol–water partition coefficient (Wildman–Crippen LogP) is 3.30. The molecule has 1 fully saturated rings. The van der Waals surface area contributed by atoms with Gasteiger partial charge in [-0.2, -0.15) is 4.98 Å². The maximum atomic E-state index is 12.4. The number of carbonyl (C=O) groups excluding carboxylic acids is 2.